The molecule has 0 aliphatic rings. The Kier molecular flexibility index (Phi) is 5.08. The number of anilines is 2. The average Bonchev–Trinajstić information content (AvgIpc) is 3.27. The van der Waals surface area contributed by atoms with Crippen molar-refractivity contribution < 1.29 is 17.6 Å². The van der Waals surface area contributed by atoms with Gasteiger partial charge in [-0.15, -0.1) is 11.3 Å². The number of hydrogen-bond acceptors (Lipinski definition) is 6. The van der Waals surface area contributed by atoms with Crippen LogP contribution in [0.4, 0.5) is 10.8 Å². The van der Waals surface area contributed by atoms with Gasteiger partial charge in [-0.3, -0.25) is 14.8 Å². The van der Waals surface area contributed by atoms with Crippen LogP contribution in [0.3, 0.4) is 0 Å². The number of thiazole rings is 1. The highest BCUT2D eigenvalue weighted by atomic mass is 32.2. The maximum atomic E-state index is 12.7. The predicted octanol–water partition coefficient (Wildman–Crippen LogP) is 4.80. The van der Waals surface area contributed by atoms with Gasteiger partial charge in [0.15, 0.2) is 10.9 Å². The summed E-state index contributed by atoms with van der Waals surface area (Å²) in [6, 6.07) is 12.7. The highest BCUT2D eigenvalue weighted by molar-refractivity contribution is 7.92. The van der Waals surface area contributed by atoms with Crippen molar-refractivity contribution in [1.82, 2.24) is 4.98 Å². The van der Waals surface area contributed by atoms with Gasteiger partial charge in [-0.1, -0.05) is 30.3 Å². The van der Waals surface area contributed by atoms with Crippen LogP contribution in [0.5, 0.6) is 0 Å². The second kappa shape index (κ2) is 7.58. The number of aromatic nitrogens is 1. The molecule has 2 aromatic carbocycles. The zero-order valence-corrected chi connectivity index (χ0v) is 18.1. The molecule has 0 fully saturated rings. The van der Waals surface area contributed by atoms with Gasteiger partial charge in [0, 0.05) is 27.6 Å². The summed E-state index contributed by atoms with van der Waals surface area (Å²) in [4.78, 5) is 17.2. The Morgan fingerprint density at radius 3 is 2.50 bits per heavy atom. The minimum absolute atomic E-state index is 0.271. The third-order valence-corrected chi connectivity index (χ3v) is 5.94. The van der Waals surface area contributed by atoms with Crippen LogP contribution < -0.4 is 10.0 Å². The Morgan fingerprint density at radius 2 is 1.83 bits per heavy atom. The van der Waals surface area contributed by atoms with Crippen LogP contribution >= 0.6 is 11.3 Å². The summed E-state index contributed by atoms with van der Waals surface area (Å²) in [5.41, 5.74) is 4.43. The fourth-order valence-corrected chi connectivity index (χ4v) is 4.42. The van der Waals surface area contributed by atoms with Crippen molar-refractivity contribution in [1.29, 1.82) is 0 Å². The number of carbonyl (C=O) groups excluding carboxylic acids is 1. The molecular formula is C21H19N3O4S2. The SMILES string of the molecule is Cc1c(C(=O)Nc2nc(-c3ccc(NS(C)(=O)=O)cc3)cs2)oc2c(C)cccc12. The Hall–Kier alpha value is -3.17. The second-order valence-corrected chi connectivity index (χ2v) is 9.56. The van der Waals surface area contributed by atoms with E-state index in [4.69, 9.17) is 4.42 Å². The molecule has 2 aromatic heterocycles. The number of amides is 1. The lowest BCUT2D eigenvalue weighted by molar-refractivity contribution is 0.0998. The van der Waals surface area contributed by atoms with Crippen LogP contribution in [0.15, 0.2) is 52.3 Å². The molecule has 154 valence electrons. The summed E-state index contributed by atoms with van der Waals surface area (Å²) in [6.07, 6.45) is 1.10. The first kappa shape index (κ1) is 20.1. The molecule has 0 radical (unpaired) electrons. The molecule has 30 heavy (non-hydrogen) atoms. The second-order valence-electron chi connectivity index (χ2n) is 6.95. The van der Waals surface area contributed by atoms with Crippen molar-refractivity contribution in [2.24, 2.45) is 0 Å². The van der Waals surface area contributed by atoms with Crippen molar-refractivity contribution in [3.63, 3.8) is 0 Å². The molecule has 0 spiro atoms. The van der Waals surface area contributed by atoms with Crippen molar-refractivity contribution in [3.05, 3.63) is 64.7 Å². The van der Waals surface area contributed by atoms with E-state index in [0.29, 0.717) is 22.1 Å². The molecule has 2 heterocycles. The van der Waals surface area contributed by atoms with E-state index in [9.17, 15) is 13.2 Å². The highest BCUT2D eigenvalue weighted by Crippen LogP contribution is 2.30. The summed E-state index contributed by atoms with van der Waals surface area (Å²) < 4.78 is 30.9. The smallest absolute Gasteiger partial charge is 0.293 e. The number of para-hydroxylation sites is 1. The average molecular weight is 442 g/mol. The van der Waals surface area contributed by atoms with E-state index in [-0.39, 0.29) is 11.7 Å². The van der Waals surface area contributed by atoms with Gasteiger partial charge < -0.3 is 4.42 Å². The van der Waals surface area contributed by atoms with Crippen LogP contribution in [0.1, 0.15) is 21.7 Å². The minimum Gasteiger partial charge on any atom is -0.450 e. The van der Waals surface area contributed by atoms with Gasteiger partial charge in [0.2, 0.25) is 10.0 Å². The number of furan rings is 1. The lowest BCUT2D eigenvalue weighted by atomic mass is 10.1. The third-order valence-electron chi connectivity index (χ3n) is 4.58. The van der Waals surface area contributed by atoms with Crippen LogP contribution in [0, 0.1) is 13.8 Å². The maximum Gasteiger partial charge on any atom is 0.293 e. The maximum absolute atomic E-state index is 12.7. The number of sulfonamides is 1. The first-order chi connectivity index (χ1) is 14.2. The fraction of sp³-hybridized carbons (Fsp3) is 0.143. The quantitative estimate of drug-likeness (QED) is 0.463. The fourth-order valence-electron chi connectivity index (χ4n) is 3.14. The van der Waals surface area contributed by atoms with Gasteiger partial charge in [0.1, 0.15) is 5.58 Å². The Balaban J connectivity index is 1.53. The number of aryl methyl sites for hydroxylation is 2. The number of fused-ring (bicyclic) bond motifs is 1. The van der Waals surface area contributed by atoms with Crippen molar-refractivity contribution in [2.45, 2.75) is 13.8 Å². The van der Waals surface area contributed by atoms with E-state index in [1.807, 2.05) is 37.4 Å². The van der Waals surface area contributed by atoms with E-state index in [0.717, 1.165) is 28.3 Å². The van der Waals surface area contributed by atoms with Crippen LogP contribution in [-0.4, -0.2) is 25.6 Å². The van der Waals surface area contributed by atoms with Gasteiger partial charge >= 0.3 is 0 Å². The summed E-state index contributed by atoms with van der Waals surface area (Å²) in [5, 5.41) is 5.99. The van der Waals surface area contributed by atoms with E-state index >= 15 is 0 Å². The number of benzene rings is 2. The molecule has 4 rings (SSSR count). The molecule has 9 heteroatoms. The first-order valence-corrected chi connectivity index (χ1v) is 11.8. The molecule has 2 N–H and O–H groups in total. The van der Waals surface area contributed by atoms with Crippen molar-refractivity contribution in [3.8, 4) is 11.3 Å². The number of carbonyl (C=O) groups is 1. The number of hydrogen-bond donors (Lipinski definition) is 2. The Bertz CT molecular complexity index is 1350. The topological polar surface area (TPSA) is 101 Å². The molecular weight excluding hydrogens is 422 g/mol. The van der Waals surface area contributed by atoms with Gasteiger partial charge in [-0.2, -0.15) is 0 Å². The molecule has 0 unspecified atom stereocenters. The third kappa shape index (κ3) is 4.07. The molecule has 0 saturated heterocycles. The molecule has 0 bridgehead atoms. The summed E-state index contributed by atoms with van der Waals surface area (Å²) in [5.74, 6) is -0.0797. The zero-order valence-electron chi connectivity index (χ0n) is 16.5. The number of rotatable bonds is 5. The van der Waals surface area contributed by atoms with Gasteiger partial charge in [0.25, 0.3) is 5.91 Å². The van der Waals surface area contributed by atoms with Gasteiger partial charge in [0.05, 0.1) is 11.9 Å². The van der Waals surface area contributed by atoms with Gasteiger partial charge in [-0.05, 0) is 31.5 Å². The summed E-state index contributed by atoms with van der Waals surface area (Å²) in [7, 11) is -3.33. The van der Waals surface area contributed by atoms with Crippen molar-refractivity contribution >= 4 is 49.1 Å². The standard InChI is InChI=1S/C21H19N3O4S2/c1-12-5-4-6-16-13(2)19(28-18(12)16)20(25)23-21-22-17(11-29-21)14-7-9-15(10-8-14)24-30(3,26)27/h4-11,24H,1-3H3,(H,22,23,25). The summed E-state index contributed by atoms with van der Waals surface area (Å²) >= 11 is 1.30. The van der Waals surface area contributed by atoms with Crippen LogP contribution in [0.25, 0.3) is 22.2 Å². The van der Waals surface area contributed by atoms with E-state index in [1.165, 1.54) is 11.3 Å². The van der Waals surface area contributed by atoms with E-state index in [1.54, 1.807) is 24.3 Å². The zero-order chi connectivity index (χ0) is 21.5. The van der Waals surface area contributed by atoms with Crippen molar-refractivity contribution in [2.75, 3.05) is 16.3 Å². The molecule has 0 atom stereocenters. The molecule has 7 nitrogen and oxygen atoms in total. The number of nitrogens with zero attached hydrogens (tertiary/aromatic N) is 1. The molecule has 0 aliphatic carbocycles. The highest BCUT2D eigenvalue weighted by Gasteiger charge is 2.19. The van der Waals surface area contributed by atoms with E-state index < -0.39 is 10.0 Å². The van der Waals surface area contributed by atoms with Crippen LogP contribution in [0.2, 0.25) is 0 Å². The minimum atomic E-state index is -3.33. The predicted molar refractivity (Wildman–Crippen MR) is 120 cm³/mol. The molecule has 0 aliphatic heterocycles. The molecule has 0 saturated carbocycles. The lowest BCUT2D eigenvalue weighted by Gasteiger charge is -2.04. The monoisotopic (exact) mass is 441 g/mol. The number of nitrogens with one attached hydrogen (secondary N) is 2. The lowest BCUT2D eigenvalue weighted by Crippen LogP contribution is -2.11. The van der Waals surface area contributed by atoms with Crippen LogP contribution in [-0.2, 0) is 10.0 Å². The van der Waals surface area contributed by atoms with E-state index in [2.05, 4.69) is 15.0 Å². The largest absolute Gasteiger partial charge is 0.450 e. The first-order valence-electron chi connectivity index (χ1n) is 9.05. The van der Waals surface area contributed by atoms with Gasteiger partial charge in [-0.25, -0.2) is 13.4 Å². The normalized spacial score (nSPS) is 11.6. The molecule has 1 amide bonds. The summed E-state index contributed by atoms with van der Waals surface area (Å²) in [6.45, 7) is 3.80. The Labute approximate surface area is 177 Å². The molecule has 4 aromatic rings. The Morgan fingerprint density at radius 1 is 1.10 bits per heavy atom.